The molecule has 106 valence electrons. The smallest absolute Gasteiger partial charge is 0.254 e. The van der Waals surface area contributed by atoms with Crippen molar-refractivity contribution in [2.75, 3.05) is 20.6 Å². The molecule has 0 aliphatic rings. The molecule has 0 spiro atoms. The molecule has 4 nitrogen and oxygen atoms in total. The van der Waals surface area contributed by atoms with Crippen LogP contribution in [0.1, 0.15) is 21.5 Å². The lowest BCUT2D eigenvalue weighted by Gasteiger charge is -2.23. The molecule has 1 aromatic carbocycles. The van der Waals surface area contributed by atoms with Gasteiger partial charge in [0, 0.05) is 12.6 Å². The van der Waals surface area contributed by atoms with Gasteiger partial charge in [0.05, 0.1) is 0 Å². The molecule has 1 aromatic rings. The van der Waals surface area contributed by atoms with E-state index >= 15 is 0 Å². The van der Waals surface area contributed by atoms with Crippen LogP contribution in [0.3, 0.4) is 0 Å². The molecule has 1 amide bonds. The maximum atomic E-state index is 13.9. The SMILES string of the molecule is Cc1c(C[C@@H](CN)N(C)C)cc(F)c(C(N)=O)c1F. The minimum absolute atomic E-state index is 0.0306. The highest BCUT2D eigenvalue weighted by molar-refractivity contribution is 5.93. The molecular weight excluding hydrogens is 252 g/mol. The molecule has 0 saturated heterocycles. The average Bonchev–Trinajstić information content (AvgIpc) is 2.31. The number of amides is 1. The standard InChI is InChI=1S/C13H19F2N3O/c1-7-8(4-9(6-16)18(2)3)5-10(14)11(12(7)15)13(17)19/h5,9H,4,6,16H2,1-3H3,(H2,17,19)/t9-/m0/s1. The number of likely N-dealkylation sites (N-methyl/N-ethyl adjacent to an activating group) is 1. The fraction of sp³-hybridized carbons (Fsp3) is 0.462. The summed E-state index contributed by atoms with van der Waals surface area (Å²) in [6.45, 7) is 1.87. The Labute approximate surface area is 111 Å². The van der Waals surface area contributed by atoms with Crippen molar-refractivity contribution in [1.29, 1.82) is 0 Å². The van der Waals surface area contributed by atoms with Crippen LogP contribution < -0.4 is 11.5 Å². The van der Waals surface area contributed by atoms with Gasteiger partial charge in [-0.1, -0.05) is 0 Å². The van der Waals surface area contributed by atoms with Gasteiger partial charge in [-0.15, -0.1) is 0 Å². The third-order valence-corrected chi connectivity index (χ3v) is 3.27. The molecule has 0 aliphatic heterocycles. The van der Waals surface area contributed by atoms with Crippen molar-refractivity contribution >= 4 is 5.91 Å². The number of halogens is 2. The predicted octanol–water partition coefficient (Wildman–Crippen LogP) is 0.804. The average molecular weight is 271 g/mol. The van der Waals surface area contributed by atoms with E-state index < -0.39 is 23.1 Å². The van der Waals surface area contributed by atoms with E-state index in [0.29, 0.717) is 18.5 Å². The summed E-state index contributed by atoms with van der Waals surface area (Å²) < 4.78 is 27.7. The van der Waals surface area contributed by atoms with Crippen molar-refractivity contribution < 1.29 is 13.6 Å². The van der Waals surface area contributed by atoms with E-state index in [1.165, 1.54) is 6.92 Å². The molecule has 0 aliphatic carbocycles. The van der Waals surface area contributed by atoms with Gasteiger partial charge in [0.25, 0.3) is 5.91 Å². The normalized spacial score (nSPS) is 12.8. The first kappa shape index (κ1) is 15.5. The Hall–Kier alpha value is -1.53. The van der Waals surface area contributed by atoms with E-state index in [1.807, 2.05) is 19.0 Å². The van der Waals surface area contributed by atoms with Gasteiger partial charge in [-0.05, 0) is 44.6 Å². The molecule has 0 aromatic heterocycles. The van der Waals surface area contributed by atoms with Crippen LogP contribution in [0.25, 0.3) is 0 Å². The largest absolute Gasteiger partial charge is 0.365 e. The van der Waals surface area contributed by atoms with Crippen LogP contribution in [0.5, 0.6) is 0 Å². The summed E-state index contributed by atoms with van der Waals surface area (Å²) in [6.07, 6.45) is 0.405. The second-order valence-electron chi connectivity index (χ2n) is 4.75. The van der Waals surface area contributed by atoms with Crippen LogP contribution in [0, 0.1) is 18.6 Å². The Morgan fingerprint density at radius 2 is 2.00 bits per heavy atom. The highest BCUT2D eigenvalue weighted by Gasteiger charge is 2.21. The number of benzene rings is 1. The fourth-order valence-electron chi connectivity index (χ4n) is 1.94. The number of primary amides is 1. The lowest BCUT2D eigenvalue weighted by molar-refractivity contribution is 0.0992. The van der Waals surface area contributed by atoms with E-state index in [0.717, 1.165) is 6.07 Å². The summed E-state index contributed by atoms with van der Waals surface area (Å²) in [4.78, 5) is 12.9. The molecule has 1 rings (SSSR count). The Bertz CT molecular complexity index is 489. The first-order valence-electron chi connectivity index (χ1n) is 5.93. The first-order chi connectivity index (χ1) is 8.79. The van der Waals surface area contributed by atoms with Crippen molar-refractivity contribution in [3.05, 3.63) is 34.4 Å². The van der Waals surface area contributed by atoms with Gasteiger partial charge in [-0.3, -0.25) is 4.79 Å². The van der Waals surface area contributed by atoms with Gasteiger partial charge >= 0.3 is 0 Å². The summed E-state index contributed by atoms with van der Waals surface area (Å²) in [5.41, 5.74) is 10.6. The molecule has 4 N–H and O–H groups in total. The van der Waals surface area contributed by atoms with E-state index in [1.54, 1.807) is 0 Å². The van der Waals surface area contributed by atoms with Gasteiger partial charge < -0.3 is 16.4 Å². The van der Waals surface area contributed by atoms with Crippen LogP contribution in [0.15, 0.2) is 6.07 Å². The summed E-state index contributed by atoms with van der Waals surface area (Å²) in [7, 11) is 3.69. The van der Waals surface area contributed by atoms with Crippen molar-refractivity contribution in [2.24, 2.45) is 11.5 Å². The number of carbonyl (C=O) groups excluding carboxylic acids is 1. The molecule has 0 bridgehead atoms. The molecule has 19 heavy (non-hydrogen) atoms. The third kappa shape index (κ3) is 3.27. The zero-order chi connectivity index (χ0) is 14.7. The molecule has 1 atom stereocenters. The van der Waals surface area contributed by atoms with E-state index in [-0.39, 0.29) is 11.6 Å². The van der Waals surface area contributed by atoms with Crippen molar-refractivity contribution in [2.45, 2.75) is 19.4 Å². The minimum atomic E-state index is -1.10. The number of rotatable bonds is 5. The van der Waals surface area contributed by atoms with E-state index in [4.69, 9.17) is 11.5 Å². The molecular formula is C13H19F2N3O. The maximum Gasteiger partial charge on any atom is 0.254 e. The van der Waals surface area contributed by atoms with Crippen LogP contribution in [0.4, 0.5) is 8.78 Å². The Morgan fingerprint density at radius 1 is 1.42 bits per heavy atom. The Balaban J connectivity index is 3.21. The van der Waals surface area contributed by atoms with Crippen LogP contribution in [-0.4, -0.2) is 37.5 Å². The summed E-state index contributed by atoms with van der Waals surface area (Å²) in [5, 5.41) is 0. The van der Waals surface area contributed by atoms with Crippen LogP contribution in [-0.2, 0) is 6.42 Å². The summed E-state index contributed by atoms with van der Waals surface area (Å²) in [6, 6.07) is 1.13. The molecule has 0 radical (unpaired) electrons. The predicted molar refractivity (Wildman–Crippen MR) is 69.8 cm³/mol. The van der Waals surface area contributed by atoms with E-state index in [9.17, 15) is 13.6 Å². The second kappa shape index (κ2) is 6.08. The minimum Gasteiger partial charge on any atom is -0.365 e. The summed E-state index contributed by atoms with van der Waals surface area (Å²) >= 11 is 0. The molecule has 0 heterocycles. The van der Waals surface area contributed by atoms with Gasteiger partial charge in [0.1, 0.15) is 17.2 Å². The Morgan fingerprint density at radius 3 is 2.42 bits per heavy atom. The Kier molecular flexibility index (Phi) is 4.97. The van der Waals surface area contributed by atoms with Crippen molar-refractivity contribution in [3.63, 3.8) is 0 Å². The number of nitrogens with zero attached hydrogens (tertiary/aromatic N) is 1. The lowest BCUT2D eigenvalue weighted by atomic mass is 9.97. The highest BCUT2D eigenvalue weighted by Crippen LogP contribution is 2.22. The van der Waals surface area contributed by atoms with Gasteiger partial charge in [0.15, 0.2) is 0 Å². The molecule has 0 saturated carbocycles. The van der Waals surface area contributed by atoms with E-state index in [2.05, 4.69) is 0 Å². The third-order valence-electron chi connectivity index (χ3n) is 3.27. The topological polar surface area (TPSA) is 72.3 Å². The van der Waals surface area contributed by atoms with Crippen molar-refractivity contribution in [1.82, 2.24) is 4.90 Å². The quantitative estimate of drug-likeness (QED) is 0.832. The first-order valence-corrected chi connectivity index (χ1v) is 5.93. The molecule has 0 fully saturated rings. The number of hydrogen-bond donors (Lipinski definition) is 2. The highest BCUT2D eigenvalue weighted by atomic mass is 19.1. The van der Waals surface area contributed by atoms with Gasteiger partial charge in [-0.25, -0.2) is 8.78 Å². The number of carbonyl (C=O) groups is 1. The zero-order valence-corrected chi connectivity index (χ0v) is 11.3. The van der Waals surface area contributed by atoms with Crippen LogP contribution in [0.2, 0.25) is 0 Å². The van der Waals surface area contributed by atoms with Gasteiger partial charge in [-0.2, -0.15) is 0 Å². The number of nitrogens with two attached hydrogens (primary N) is 2. The second-order valence-corrected chi connectivity index (χ2v) is 4.75. The van der Waals surface area contributed by atoms with Crippen molar-refractivity contribution in [3.8, 4) is 0 Å². The monoisotopic (exact) mass is 271 g/mol. The zero-order valence-electron chi connectivity index (χ0n) is 11.3. The van der Waals surface area contributed by atoms with Gasteiger partial charge in [0.2, 0.25) is 0 Å². The number of hydrogen-bond acceptors (Lipinski definition) is 3. The molecule has 0 unspecified atom stereocenters. The fourth-order valence-corrected chi connectivity index (χ4v) is 1.94. The molecule has 6 heteroatoms. The maximum absolute atomic E-state index is 13.9. The summed E-state index contributed by atoms with van der Waals surface area (Å²) in [5.74, 6) is -2.93. The lowest BCUT2D eigenvalue weighted by Crippen LogP contribution is -2.37. The van der Waals surface area contributed by atoms with Crippen LogP contribution >= 0.6 is 0 Å².